The van der Waals surface area contributed by atoms with E-state index < -0.39 is 0 Å². The third-order valence-electron chi connectivity index (χ3n) is 2.61. The molecule has 0 amide bonds. The maximum absolute atomic E-state index is 4.49. The molecule has 0 saturated heterocycles. The molecule has 1 aliphatic carbocycles. The first kappa shape index (κ1) is 13.0. The maximum atomic E-state index is 4.49. The molecule has 0 fully saturated rings. The van der Waals surface area contributed by atoms with Crippen LogP contribution in [0.15, 0.2) is 47.1 Å². The minimum atomic E-state index is 0.0826. The smallest absolute Gasteiger partial charge is 0.0731 e. The van der Waals surface area contributed by atoms with Gasteiger partial charge in [0, 0.05) is 16.2 Å². The second-order valence-corrected chi connectivity index (χ2v) is 7.52. The summed E-state index contributed by atoms with van der Waals surface area (Å²) in [5, 5.41) is 0. The SMILES string of the molecule is Cc1cc(Br)cnc1C1=CC=CC(C)(I)C=C1. The number of aromatic nitrogens is 1. The molecule has 0 N–H and O–H groups in total. The standard InChI is InChI=1S/C14H13BrIN/c1-10-8-12(15)9-17-13(10)11-4-3-6-14(2,16)7-5-11/h3-9H,1-2H3. The van der Waals surface area contributed by atoms with Gasteiger partial charge >= 0.3 is 0 Å². The molecule has 2 rings (SSSR count). The summed E-state index contributed by atoms with van der Waals surface area (Å²) in [5.41, 5.74) is 3.38. The average Bonchev–Trinajstić information content (AvgIpc) is 2.40. The highest BCUT2D eigenvalue weighted by atomic mass is 127. The molecule has 0 radical (unpaired) electrons. The van der Waals surface area contributed by atoms with Crippen molar-refractivity contribution in [3.8, 4) is 0 Å². The van der Waals surface area contributed by atoms with Crippen LogP contribution < -0.4 is 0 Å². The Kier molecular flexibility index (Phi) is 3.88. The van der Waals surface area contributed by atoms with Crippen molar-refractivity contribution in [2.24, 2.45) is 0 Å². The van der Waals surface area contributed by atoms with Gasteiger partial charge in [-0.1, -0.05) is 53.0 Å². The maximum Gasteiger partial charge on any atom is 0.0731 e. The molecule has 1 unspecified atom stereocenters. The zero-order chi connectivity index (χ0) is 12.5. The van der Waals surface area contributed by atoms with E-state index in [1.165, 1.54) is 5.56 Å². The van der Waals surface area contributed by atoms with E-state index in [9.17, 15) is 0 Å². The van der Waals surface area contributed by atoms with Crippen LogP contribution in [0.4, 0.5) is 0 Å². The van der Waals surface area contributed by atoms with Crippen molar-refractivity contribution in [1.29, 1.82) is 0 Å². The van der Waals surface area contributed by atoms with E-state index in [-0.39, 0.29) is 3.42 Å². The van der Waals surface area contributed by atoms with Gasteiger partial charge in [0.25, 0.3) is 0 Å². The lowest BCUT2D eigenvalue weighted by molar-refractivity contribution is 1.06. The topological polar surface area (TPSA) is 12.9 Å². The zero-order valence-corrected chi connectivity index (χ0v) is 13.5. The van der Waals surface area contributed by atoms with Gasteiger partial charge in [0.1, 0.15) is 0 Å². The monoisotopic (exact) mass is 401 g/mol. The number of alkyl halides is 1. The van der Waals surface area contributed by atoms with E-state index in [4.69, 9.17) is 0 Å². The Hall–Kier alpha value is -0.420. The summed E-state index contributed by atoms with van der Waals surface area (Å²) in [4.78, 5) is 4.49. The van der Waals surface area contributed by atoms with Crippen LogP contribution in [0.25, 0.3) is 5.57 Å². The Bertz CT molecular complexity index is 527. The summed E-state index contributed by atoms with van der Waals surface area (Å²) in [6, 6.07) is 2.09. The molecule has 0 saturated carbocycles. The number of pyridine rings is 1. The van der Waals surface area contributed by atoms with E-state index in [0.29, 0.717) is 0 Å². The fourth-order valence-electron chi connectivity index (χ4n) is 1.70. The van der Waals surface area contributed by atoms with Crippen LogP contribution in [-0.2, 0) is 0 Å². The second-order valence-electron chi connectivity index (χ2n) is 4.28. The van der Waals surface area contributed by atoms with Crippen LogP contribution in [0.3, 0.4) is 0 Å². The summed E-state index contributed by atoms with van der Waals surface area (Å²) in [6.07, 6.45) is 12.6. The Labute approximate surface area is 124 Å². The van der Waals surface area contributed by atoms with E-state index in [2.05, 4.69) is 93.8 Å². The Morgan fingerprint density at radius 1 is 1.35 bits per heavy atom. The van der Waals surface area contributed by atoms with Gasteiger partial charge in [-0.3, -0.25) is 4.98 Å². The molecule has 1 aliphatic rings. The van der Waals surface area contributed by atoms with Crippen LogP contribution >= 0.6 is 38.5 Å². The van der Waals surface area contributed by atoms with Crippen LogP contribution in [-0.4, -0.2) is 8.41 Å². The molecule has 0 aliphatic heterocycles. The molecule has 0 aromatic carbocycles. The molecule has 0 spiro atoms. The molecule has 1 nitrogen and oxygen atoms in total. The van der Waals surface area contributed by atoms with Gasteiger partial charge in [-0.05, 0) is 41.4 Å². The molecule has 0 bridgehead atoms. The number of hydrogen-bond acceptors (Lipinski definition) is 1. The Balaban J connectivity index is 2.42. The molecule has 1 aromatic heterocycles. The molecular weight excluding hydrogens is 389 g/mol. The van der Waals surface area contributed by atoms with Crippen LogP contribution in [0.5, 0.6) is 0 Å². The lowest BCUT2D eigenvalue weighted by Crippen LogP contribution is -2.04. The third-order valence-corrected chi connectivity index (χ3v) is 3.76. The van der Waals surface area contributed by atoms with Crippen LogP contribution in [0.1, 0.15) is 18.2 Å². The zero-order valence-electron chi connectivity index (χ0n) is 9.74. The summed E-state index contributed by atoms with van der Waals surface area (Å²) < 4.78 is 1.10. The van der Waals surface area contributed by atoms with Crippen molar-refractivity contribution in [3.63, 3.8) is 0 Å². The first-order valence-electron chi connectivity index (χ1n) is 5.38. The number of rotatable bonds is 1. The van der Waals surface area contributed by atoms with Crippen molar-refractivity contribution in [3.05, 3.63) is 58.4 Å². The molecule has 1 heterocycles. The minimum Gasteiger partial charge on any atom is -0.255 e. The Morgan fingerprint density at radius 3 is 2.82 bits per heavy atom. The first-order valence-corrected chi connectivity index (χ1v) is 7.25. The highest BCUT2D eigenvalue weighted by molar-refractivity contribution is 14.1. The van der Waals surface area contributed by atoms with Gasteiger partial charge in [-0.2, -0.15) is 0 Å². The highest BCUT2D eigenvalue weighted by Crippen LogP contribution is 2.28. The second kappa shape index (κ2) is 5.06. The lowest BCUT2D eigenvalue weighted by atomic mass is 10.1. The van der Waals surface area contributed by atoms with E-state index in [0.717, 1.165) is 15.7 Å². The van der Waals surface area contributed by atoms with Gasteiger partial charge in [-0.15, -0.1) is 0 Å². The number of allylic oxidation sites excluding steroid dienone is 6. The van der Waals surface area contributed by atoms with Gasteiger partial charge in [0.05, 0.1) is 9.12 Å². The molecule has 1 atom stereocenters. The van der Waals surface area contributed by atoms with Gasteiger partial charge in [0.15, 0.2) is 0 Å². The predicted molar refractivity (Wildman–Crippen MR) is 85.4 cm³/mol. The van der Waals surface area contributed by atoms with E-state index in [1.54, 1.807) is 0 Å². The van der Waals surface area contributed by atoms with Crippen LogP contribution in [0, 0.1) is 6.92 Å². The Morgan fingerprint density at radius 2 is 2.12 bits per heavy atom. The summed E-state index contributed by atoms with van der Waals surface area (Å²) >= 11 is 5.86. The van der Waals surface area contributed by atoms with Crippen LogP contribution in [0.2, 0.25) is 0 Å². The lowest BCUT2D eigenvalue weighted by Gasteiger charge is -2.10. The largest absolute Gasteiger partial charge is 0.255 e. The van der Waals surface area contributed by atoms with Crippen molar-refractivity contribution in [1.82, 2.24) is 4.98 Å². The quantitative estimate of drug-likeness (QED) is 0.484. The van der Waals surface area contributed by atoms with Crippen molar-refractivity contribution < 1.29 is 0 Å². The van der Waals surface area contributed by atoms with Crippen molar-refractivity contribution in [2.45, 2.75) is 17.3 Å². The number of nitrogens with zero attached hydrogens (tertiary/aromatic N) is 1. The highest BCUT2D eigenvalue weighted by Gasteiger charge is 2.14. The third kappa shape index (κ3) is 3.28. The number of aryl methyl sites for hydroxylation is 1. The molecular formula is C14H13BrIN. The summed E-state index contributed by atoms with van der Waals surface area (Å²) in [5.74, 6) is 0. The van der Waals surface area contributed by atoms with E-state index in [1.807, 2.05) is 6.20 Å². The average molecular weight is 402 g/mol. The molecule has 17 heavy (non-hydrogen) atoms. The fraction of sp³-hybridized carbons (Fsp3) is 0.214. The predicted octanol–water partition coefficient (Wildman–Crippen LogP) is 4.86. The fourth-order valence-corrected chi connectivity index (χ4v) is 2.54. The molecule has 1 aromatic rings. The molecule has 88 valence electrons. The van der Waals surface area contributed by atoms with Gasteiger partial charge in [-0.25, -0.2) is 0 Å². The van der Waals surface area contributed by atoms with Gasteiger partial charge < -0.3 is 0 Å². The minimum absolute atomic E-state index is 0.0826. The van der Waals surface area contributed by atoms with Crippen molar-refractivity contribution >= 4 is 44.1 Å². The van der Waals surface area contributed by atoms with Crippen molar-refractivity contribution in [2.75, 3.05) is 0 Å². The normalized spacial score (nSPS) is 23.4. The molecule has 3 heteroatoms. The first-order chi connectivity index (χ1) is 7.98. The number of halogens is 2. The van der Waals surface area contributed by atoms with E-state index >= 15 is 0 Å². The summed E-state index contributed by atoms with van der Waals surface area (Å²) in [6.45, 7) is 4.26. The van der Waals surface area contributed by atoms with Gasteiger partial charge in [0.2, 0.25) is 0 Å². The number of hydrogen-bond donors (Lipinski definition) is 0. The summed E-state index contributed by atoms with van der Waals surface area (Å²) in [7, 11) is 0.